The van der Waals surface area contributed by atoms with Crippen LogP contribution in [0.25, 0.3) is 0 Å². The van der Waals surface area contributed by atoms with Crippen LogP contribution in [0.4, 0.5) is 10.5 Å². The molecule has 3 amide bonds. The van der Waals surface area contributed by atoms with Gasteiger partial charge in [0.2, 0.25) is 5.91 Å². The zero-order chi connectivity index (χ0) is 29.2. The van der Waals surface area contributed by atoms with Crippen molar-refractivity contribution < 1.29 is 23.9 Å². The maximum Gasteiger partial charge on any atom is 0.408 e. The summed E-state index contributed by atoms with van der Waals surface area (Å²) in [6.07, 6.45) is 6.59. The number of hydrogen-bond acceptors (Lipinski definition) is 5. The monoisotopic (exact) mass is 535 g/mol. The number of terminal acetylenes is 1. The lowest BCUT2D eigenvalue weighted by Crippen LogP contribution is -2.50. The summed E-state index contributed by atoms with van der Waals surface area (Å²) in [6, 6.07) is 12.6. The molecular weight excluding hydrogens is 494 g/mol. The van der Waals surface area contributed by atoms with Gasteiger partial charge in [-0.25, -0.2) is 4.79 Å². The van der Waals surface area contributed by atoms with Crippen molar-refractivity contribution in [3.63, 3.8) is 0 Å². The number of benzene rings is 2. The van der Waals surface area contributed by atoms with Gasteiger partial charge in [0.05, 0.1) is 7.11 Å². The molecule has 0 aliphatic rings. The van der Waals surface area contributed by atoms with Gasteiger partial charge in [0.25, 0.3) is 5.91 Å². The zero-order valence-corrected chi connectivity index (χ0v) is 24.0. The lowest BCUT2D eigenvalue weighted by atomic mass is 9.95. The van der Waals surface area contributed by atoms with Gasteiger partial charge >= 0.3 is 6.09 Å². The van der Waals surface area contributed by atoms with Gasteiger partial charge in [-0.15, -0.1) is 6.42 Å². The molecule has 0 bridgehead atoms. The van der Waals surface area contributed by atoms with Crippen LogP contribution < -0.4 is 15.4 Å². The van der Waals surface area contributed by atoms with E-state index >= 15 is 0 Å². The predicted octanol–water partition coefficient (Wildman–Crippen LogP) is 5.53. The number of nitrogens with one attached hydrogen (secondary N) is 2. The van der Waals surface area contributed by atoms with E-state index in [2.05, 4.69) is 30.4 Å². The summed E-state index contributed by atoms with van der Waals surface area (Å²) in [6.45, 7) is 11.0. The van der Waals surface area contributed by atoms with Gasteiger partial charge in [0.1, 0.15) is 23.9 Å². The summed E-state index contributed by atoms with van der Waals surface area (Å²) < 4.78 is 10.5. The Morgan fingerprint density at radius 2 is 1.64 bits per heavy atom. The van der Waals surface area contributed by atoms with Crippen LogP contribution in [0, 0.1) is 18.3 Å². The Labute approximate surface area is 232 Å². The standard InChI is InChI=1S/C31H41N3O5/c1-9-23-12-10-11-13-26(23)28(29(36)33-24-16-18-25(38-8)19-17-24)34(22(4)15-14-21(2)3)27(35)20-32-30(37)39-31(5,6)7/h1,10-13,16-19,21-22,28H,14-15,20H2,2-8H3,(H,32,37)(H,33,36). The van der Waals surface area contributed by atoms with Crippen LogP contribution in [0.5, 0.6) is 5.75 Å². The van der Waals surface area contributed by atoms with Crippen LogP contribution in [0.2, 0.25) is 0 Å². The molecule has 0 radical (unpaired) electrons. The Morgan fingerprint density at radius 1 is 1.00 bits per heavy atom. The third-order valence-electron chi connectivity index (χ3n) is 6.00. The van der Waals surface area contributed by atoms with Crippen molar-refractivity contribution in [3.8, 4) is 18.1 Å². The molecule has 2 rings (SSSR count). The molecule has 0 spiro atoms. The Bertz CT molecular complexity index is 1160. The van der Waals surface area contributed by atoms with Gasteiger partial charge in [0.15, 0.2) is 0 Å². The maximum absolute atomic E-state index is 13.9. The van der Waals surface area contributed by atoms with E-state index in [0.717, 1.165) is 6.42 Å². The lowest BCUT2D eigenvalue weighted by Gasteiger charge is -2.37. The van der Waals surface area contributed by atoms with Gasteiger partial charge in [-0.1, -0.05) is 38.0 Å². The fraction of sp³-hybridized carbons (Fsp3) is 0.452. The van der Waals surface area contributed by atoms with Crippen molar-refractivity contribution in [1.82, 2.24) is 10.2 Å². The topological polar surface area (TPSA) is 97.0 Å². The fourth-order valence-electron chi connectivity index (χ4n) is 4.08. The van der Waals surface area contributed by atoms with Crippen molar-refractivity contribution >= 4 is 23.6 Å². The second kappa shape index (κ2) is 14.2. The van der Waals surface area contributed by atoms with E-state index in [-0.39, 0.29) is 12.6 Å². The molecule has 2 aromatic carbocycles. The SMILES string of the molecule is C#Cc1ccccc1C(C(=O)Nc1ccc(OC)cc1)N(C(=O)CNC(=O)OC(C)(C)C)C(C)CCC(C)C. The van der Waals surface area contributed by atoms with Gasteiger partial charge in [-0.3, -0.25) is 9.59 Å². The molecule has 39 heavy (non-hydrogen) atoms. The number of amides is 3. The molecule has 2 atom stereocenters. The van der Waals surface area contributed by atoms with E-state index in [1.807, 2.05) is 6.92 Å². The molecule has 0 aromatic heterocycles. The molecular formula is C31H41N3O5. The normalized spacial score (nSPS) is 12.6. The summed E-state index contributed by atoms with van der Waals surface area (Å²) >= 11 is 0. The number of anilines is 1. The highest BCUT2D eigenvalue weighted by molar-refractivity contribution is 5.99. The molecule has 0 aliphatic heterocycles. The first-order valence-corrected chi connectivity index (χ1v) is 13.1. The van der Waals surface area contributed by atoms with Crippen LogP contribution in [0.15, 0.2) is 48.5 Å². The van der Waals surface area contributed by atoms with Crippen molar-refractivity contribution in [2.24, 2.45) is 5.92 Å². The average molecular weight is 536 g/mol. The molecule has 8 heteroatoms. The van der Waals surface area contributed by atoms with Gasteiger partial charge < -0.3 is 25.0 Å². The minimum absolute atomic E-state index is 0.335. The van der Waals surface area contributed by atoms with Gasteiger partial charge in [0, 0.05) is 17.3 Å². The van der Waals surface area contributed by atoms with Crippen molar-refractivity contribution in [2.45, 2.75) is 72.1 Å². The third-order valence-corrected chi connectivity index (χ3v) is 6.00. The van der Waals surface area contributed by atoms with Crippen LogP contribution in [0.3, 0.4) is 0 Å². The molecule has 2 N–H and O–H groups in total. The quantitative estimate of drug-likeness (QED) is 0.369. The van der Waals surface area contributed by atoms with E-state index in [0.29, 0.717) is 34.9 Å². The molecule has 0 saturated heterocycles. The number of rotatable bonds is 11. The molecule has 0 fully saturated rings. The van der Waals surface area contributed by atoms with Crippen LogP contribution in [-0.4, -0.2) is 48.1 Å². The number of carbonyl (C=O) groups is 3. The fourth-order valence-corrected chi connectivity index (χ4v) is 4.08. The minimum Gasteiger partial charge on any atom is -0.497 e. The number of alkyl carbamates (subject to hydrolysis) is 1. The summed E-state index contributed by atoms with van der Waals surface area (Å²) in [5.41, 5.74) is 0.844. The first-order chi connectivity index (χ1) is 18.4. The Morgan fingerprint density at radius 3 is 2.21 bits per heavy atom. The van der Waals surface area contributed by atoms with Crippen molar-refractivity contribution in [2.75, 3.05) is 19.0 Å². The largest absolute Gasteiger partial charge is 0.497 e. The molecule has 2 unspecified atom stereocenters. The van der Waals surface area contributed by atoms with Crippen LogP contribution >= 0.6 is 0 Å². The number of methoxy groups -OCH3 is 1. The van der Waals surface area contributed by atoms with Crippen LogP contribution in [0.1, 0.15) is 71.6 Å². The second-order valence-corrected chi connectivity index (χ2v) is 10.8. The highest BCUT2D eigenvalue weighted by atomic mass is 16.6. The van der Waals surface area contributed by atoms with E-state index in [9.17, 15) is 14.4 Å². The first kappa shape index (κ1) is 31.2. The zero-order valence-electron chi connectivity index (χ0n) is 24.0. The summed E-state index contributed by atoms with van der Waals surface area (Å²) in [5.74, 6) is 2.83. The Hall–Kier alpha value is -3.99. The van der Waals surface area contributed by atoms with Crippen molar-refractivity contribution in [3.05, 3.63) is 59.7 Å². The third kappa shape index (κ3) is 9.68. The summed E-state index contributed by atoms with van der Waals surface area (Å²) in [5, 5.41) is 5.46. The number of carbonyl (C=O) groups excluding carboxylic acids is 3. The van der Waals surface area contributed by atoms with Crippen molar-refractivity contribution in [1.29, 1.82) is 0 Å². The molecule has 8 nitrogen and oxygen atoms in total. The van der Waals surface area contributed by atoms with Crippen LogP contribution in [-0.2, 0) is 14.3 Å². The molecule has 0 aliphatic carbocycles. The van der Waals surface area contributed by atoms with E-state index < -0.39 is 29.6 Å². The number of nitrogens with zero attached hydrogens (tertiary/aromatic N) is 1. The molecule has 0 saturated carbocycles. The second-order valence-electron chi connectivity index (χ2n) is 10.8. The average Bonchev–Trinajstić information content (AvgIpc) is 2.88. The number of ether oxygens (including phenoxy) is 2. The molecule has 0 heterocycles. The Kier molecular flexibility index (Phi) is 11.4. The first-order valence-electron chi connectivity index (χ1n) is 13.1. The minimum atomic E-state index is -1.05. The molecule has 2 aromatic rings. The van der Waals surface area contributed by atoms with E-state index in [1.165, 1.54) is 4.90 Å². The highest BCUT2D eigenvalue weighted by Gasteiger charge is 2.36. The van der Waals surface area contributed by atoms with Gasteiger partial charge in [-0.2, -0.15) is 0 Å². The summed E-state index contributed by atoms with van der Waals surface area (Å²) in [4.78, 5) is 41.5. The number of hydrogen-bond donors (Lipinski definition) is 2. The Balaban J connectivity index is 2.50. The molecule has 210 valence electrons. The van der Waals surface area contributed by atoms with E-state index in [1.54, 1.807) is 76.4 Å². The lowest BCUT2D eigenvalue weighted by molar-refractivity contribution is -0.141. The maximum atomic E-state index is 13.9. The highest BCUT2D eigenvalue weighted by Crippen LogP contribution is 2.30. The smallest absolute Gasteiger partial charge is 0.408 e. The predicted molar refractivity (Wildman–Crippen MR) is 153 cm³/mol. The summed E-state index contributed by atoms with van der Waals surface area (Å²) in [7, 11) is 1.56. The van der Waals surface area contributed by atoms with E-state index in [4.69, 9.17) is 15.9 Å². The van der Waals surface area contributed by atoms with Gasteiger partial charge in [-0.05, 0) is 82.3 Å².